The molecule has 1 unspecified atom stereocenters. The first-order chi connectivity index (χ1) is 8.20. The van der Waals surface area contributed by atoms with E-state index in [0.717, 1.165) is 18.4 Å². The standard InChI is InChI=1S/C14H23FN2/c1-3-5-6-7-8-11(4-2)12-9-10-17-14(15)13(12)16/h9-11H,3-8,16H2,1-2H3. The van der Waals surface area contributed by atoms with Crippen LogP contribution in [0, 0.1) is 5.95 Å². The van der Waals surface area contributed by atoms with Crippen molar-refractivity contribution in [2.75, 3.05) is 5.73 Å². The Morgan fingerprint density at radius 2 is 2.06 bits per heavy atom. The zero-order chi connectivity index (χ0) is 12.7. The molecule has 2 N–H and O–H groups in total. The van der Waals surface area contributed by atoms with Gasteiger partial charge in [0.25, 0.3) is 0 Å². The molecule has 2 nitrogen and oxygen atoms in total. The van der Waals surface area contributed by atoms with Crippen molar-refractivity contribution in [1.29, 1.82) is 0 Å². The molecular formula is C14H23FN2. The van der Waals surface area contributed by atoms with Gasteiger partial charge in [0.15, 0.2) is 0 Å². The van der Waals surface area contributed by atoms with Crippen molar-refractivity contribution < 1.29 is 4.39 Å². The highest BCUT2D eigenvalue weighted by Gasteiger charge is 2.14. The minimum absolute atomic E-state index is 0.231. The first kappa shape index (κ1) is 13.9. The number of nitrogens with two attached hydrogens (primary N) is 1. The third-order valence-corrected chi connectivity index (χ3v) is 3.31. The third-order valence-electron chi connectivity index (χ3n) is 3.31. The highest BCUT2D eigenvalue weighted by molar-refractivity contribution is 5.47. The Morgan fingerprint density at radius 1 is 1.29 bits per heavy atom. The van der Waals surface area contributed by atoms with Crippen molar-refractivity contribution in [3.05, 3.63) is 23.8 Å². The van der Waals surface area contributed by atoms with Gasteiger partial charge in [-0.3, -0.25) is 0 Å². The number of hydrogen-bond acceptors (Lipinski definition) is 2. The molecule has 3 heteroatoms. The Morgan fingerprint density at radius 3 is 2.71 bits per heavy atom. The Hall–Kier alpha value is -1.12. The number of anilines is 1. The van der Waals surface area contributed by atoms with Crippen LogP contribution in [0.1, 0.15) is 63.9 Å². The fourth-order valence-corrected chi connectivity index (χ4v) is 2.21. The molecule has 0 spiro atoms. The molecule has 0 amide bonds. The van der Waals surface area contributed by atoms with Gasteiger partial charge < -0.3 is 5.73 Å². The number of unbranched alkanes of at least 4 members (excludes halogenated alkanes) is 3. The van der Waals surface area contributed by atoms with E-state index in [2.05, 4.69) is 18.8 Å². The van der Waals surface area contributed by atoms with Crippen LogP contribution >= 0.6 is 0 Å². The minimum Gasteiger partial charge on any atom is -0.395 e. The maximum absolute atomic E-state index is 13.3. The van der Waals surface area contributed by atoms with Crippen LogP contribution in [0.4, 0.5) is 10.1 Å². The van der Waals surface area contributed by atoms with E-state index in [1.165, 1.54) is 31.9 Å². The van der Waals surface area contributed by atoms with Crippen LogP contribution in [0.3, 0.4) is 0 Å². The lowest BCUT2D eigenvalue weighted by Gasteiger charge is -2.17. The molecule has 17 heavy (non-hydrogen) atoms. The number of aromatic nitrogens is 1. The predicted molar refractivity (Wildman–Crippen MR) is 70.4 cm³/mol. The molecule has 0 aliphatic carbocycles. The van der Waals surface area contributed by atoms with Gasteiger partial charge in [-0.15, -0.1) is 0 Å². The number of hydrogen-bond donors (Lipinski definition) is 1. The summed E-state index contributed by atoms with van der Waals surface area (Å²) in [6.45, 7) is 4.33. The molecule has 1 rings (SSSR count). The van der Waals surface area contributed by atoms with Crippen LogP contribution in [-0.4, -0.2) is 4.98 Å². The monoisotopic (exact) mass is 238 g/mol. The summed E-state index contributed by atoms with van der Waals surface area (Å²) in [5.41, 5.74) is 6.91. The fourth-order valence-electron chi connectivity index (χ4n) is 2.21. The molecule has 0 aliphatic heterocycles. The van der Waals surface area contributed by atoms with E-state index in [9.17, 15) is 4.39 Å². The summed E-state index contributed by atoms with van der Waals surface area (Å²) in [7, 11) is 0. The summed E-state index contributed by atoms with van der Waals surface area (Å²) in [6, 6.07) is 1.85. The van der Waals surface area contributed by atoms with E-state index >= 15 is 0 Å². The lowest BCUT2D eigenvalue weighted by Crippen LogP contribution is -2.05. The van der Waals surface area contributed by atoms with Crippen molar-refractivity contribution in [2.45, 2.75) is 58.3 Å². The number of rotatable bonds is 7. The molecule has 1 atom stereocenters. The van der Waals surface area contributed by atoms with Crippen LogP contribution in [-0.2, 0) is 0 Å². The maximum Gasteiger partial charge on any atom is 0.236 e. The van der Waals surface area contributed by atoms with Gasteiger partial charge in [0.2, 0.25) is 5.95 Å². The highest BCUT2D eigenvalue weighted by atomic mass is 19.1. The van der Waals surface area contributed by atoms with Gasteiger partial charge in [-0.05, 0) is 30.4 Å². The van der Waals surface area contributed by atoms with Gasteiger partial charge in [0.05, 0.1) is 5.69 Å². The molecule has 1 heterocycles. The van der Waals surface area contributed by atoms with Crippen molar-refractivity contribution >= 4 is 5.69 Å². The van der Waals surface area contributed by atoms with Gasteiger partial charge in [0, 0.05) is 6.20 Å². The third kappa shape index (κ3) is 3.99. The minimum atomic E-state index is -0.533. The Kier molecular flexibility index (Phi) is 5.95. The maximum atomic E-state index is 13.3. The van der Waals surface area contributed by atoms with Crippen molar-refractivity contribution in [3.8, 4) is 0 Å². The zero-order valence-corrected chi connectivity index (χ0v) is 10.9. The second kappa shape index (κ2) is 7.25. The summed E-state index contributed by atoms with van der Waals surface area (Å²) in [5, 5.41) is 0. The van der Waals surface area contributed by atoms with E-state index in [0.29, 0.717) is 5.92 Å². The predicted octanol–water partition coefficient (Wildman–Crippen LogP) is 4.27. The number of nitrogen functional groups attached to an aromatic ring is 1. The van der Waals surface area contributed by atoms with Gasteiger partial charge in [0.1, 0.15) is 0 Å². The summed E-state index contributed by atoms with van der Waals surface area (Å²) < 4.78 is 13.3. The Labute approximate surface area is 103 Å². The smallest absolute Gasteiger partial charge is 0.236 e. The van der Waals surface area contributed by atoms with Gasteiger partial charge in [-0.1, -0.05) is 39.5 Å². The molecule has 0 aliphatic rings. The molecule has 0 saturated carbocycles. The molecule has 96 valence electrons. The first-order valence-electron chi connectivity index (χ1n) is 6.60. The van der Waals surface area contributed by atoms with Crippen LogP contribution in [0.15, 0.2) is 12.3 Å². The van der Waals surface area contributed by atoms with Crippen LogP contribution in [0.5, 0.6) is 0 Å². The van der Waals surface area contributed by atoms with Crippen molar-refractivity contribution in [2.24, 2.45) is 0 Å². The quantitative estimate of drug-likeness (QED) is 0.569. The number of pyridine rings is 1. The second-order valence-corrected chi connectivity index (χ2v) is 4.56. The first-order valence-corrected chi connectivity index (χ1v) is 6.60. The molecule has 1 aromatic heterocycles. The summed E-state index contributed by atoms with van der Waals surface area (Å²) >= 11 is 0. The van der Waals surface area contributed by atoms with Crippen LogP contribution in [0.25, 0.3) is 0 Å². The largest absolute Gasteiger partial charge is 0.395 e. The topological polar surface area (TPSA) is 38.9 Å². The summed E-state index contributed by atoms with van der Waals surface area (Å²) in [4.78, 5) is 3.57. The molecule has 0 saturated heterocycles. The normalized spacial score (nSPS) is 12.6. The molecule has 0 fully saturated rings. The number of nitrogens with zero attached hydrogens (tertiary/aromatic N) is 1. The lowest BCUT2D eigenvalue weighted by molar-refractivity contribution is 0.535. The molecule has 0 aromatic carbocycles. The highest BCUT2D eigenvalue weighted by Crippen LogP contribution is 2.30. The molecule has 0 radical (unpaired) electrons. The summed E-state index contributed by atoms with van der Waals surface area (Å²) in [5.74, 6) is -0.168. The van der Waals surface area contributed by atoms with Gasteiger partial charge >= 0.3 is 0 Å². The van der Waals surface area contributed by atoms with E-state index in [-0.39, 0.29) is 5.69 Å². The van der Waals surface area contributed by atoms with Gasteiger partial charge in [-0.2, -0.15) is 4.39 Å². The SMILES string of the molecule is CCCCCCC(CC)c1ccnc(F)c1N. The second-order valence-electron chi connectivity index (χ2n) is 4.56. The van der Waals surface area contributed by atoms with E-state index in [4.69, 9.17) is 5.73 Å². The molecule has 1 aromatic rings. The average Bonchev–Trinajstić information content (AvgIpc) is 2.34. The van der Waals surface area contributed by atoms with Crippen molar-refractivity contribution in [1.82, 2.24) is 4.98 Å². The van der Waals surface area contributed by atoms with Crippen molar-refractivity contribution in [3.63, 3.8) is 0 Å². The average molecular weight is 238 g/mol. The van der Waals surface area contributed by atoms with E-state index in [1.807, 2.05) is 6.07 Å². The zero-order valence-electron chi connectivity index (χ0n) is 10.9. The molecular weight excluding hydrogens is 215 g/mol. The van der Waals surface area contributed by atoms with Gasteiger partial charge in [-0.25, -0.2) is 4.98 Å². The summed E-state index contributed by atoms with van der Waals surface area (Å²) in [6.07, 6.45) is 8.55. The molecule has 0 bridgehead atoms. The van der Waals surface area contributed by atoms with Crippen LogP contribution in [0.2, 0.25) is 0 Å². The van der Waals surface area contributed by atoms with E-state index in [1.54, 1.807) is 0 Å². The Bertz CT molecular complexity index is 339. The Balaban J connectivity index is 2.63. The van der Waals surface area contributed by atoms with E-state index < -0.39 is 5.95 Å². The fraction of sp³-hybridized carbons (Fsp3) is 0.643. The van der Waals surface area contributed by atoms with Crippen LogP contribution < -0.4 is 5.73 Å². The number of halogens is 1. The lowest BCUT2D eigenvalue weighted by atomic mass is 9.90.